The molecule has 2 nitrogen and oxygen atoms in total. The maximum Gasteiger partial charge on any atom is 0.217 e. The highest BCUT2D eigenvalue weighted by Crippen LogP contribution is 2.40. The molecule has 1 heterocycles. The van der Waals surface area contributed by atoms with Crippen LogP contribution in [0.5, 0.6) is 0 Å². The molecule has 1 atom stereocenters. The fourth-order valence-electron chi connectivity index (χ4n) is 4.51. The van der Waals surface area contributed by atoms with Gasteiger partial charge in [0.2, 0.25) is 5.90 Å². The van der Waals surface area contributed by atoms with Gasteiger partial charge in [0.1, 0.15) is 6.61 Å². The van der Waals surface area contributed by atoms with Crippen molar-refractivity contribution in [3.63, 3.8) is 0 Å². The quantitative estimate of drug-likeness (QED) is 0.625. The SMILES string of the molecule is CC(C)CC(C)(CC(C)C)[C@@H]1COC(c2cccc3ccccc23)=N1. The topological polar surface area (TPSA) is 21.6 Å². The normalized spacial score (nSPS) is 18.0. The first kappa shape index (κ1) is 18.0. The van der Waals surface area contributed by atoms with E-state index < -0.39 is 0 Å². The standard InChI is InChI=1S/C23H31NO/c1-16(2)13-23(5,14-17(3)4)21-15-25-22(24-21)20-12-8-10-18-9-6-7-11-19(18)20/h6-12,16-17,21H,13-15H2,1-5H3/t21-/m0/s1. The predicted molar refractivity (Wildman–Crippen MR) is 107 cm³/mol. The molecule has 2 heteroatoms. The lowest BCUT2D eigenvalue weighted by Gasteiger charge is -2.36. The van der Waals surface area contributed by atoms with Crippen LogP contribution in [0, 0.1) is 17.3 Å². The van der Waals surface area contributed by atoms with Crippen LogP contribution in [0.25, 0.3) is 10.8 Å². The number of fused-ring (bicyclic) bond motifs is 1. The minimum Gasteiger partial charge on any atom is -0.475 e. The first-order valence-corrected chi connectivity index (χ1v) is 9.58. The van der Waals surface area contributed by atoms with Crippen molar-refractivity contribution in [1.82, 2.24) is 0 Å². The van der Waals surface area contributed by atoms with E-state index in [1.54, 1.807) is 0 Å². The van der Waals surface area contributed by atoms with Crippen molar-refractivity contribution in [2.75, 3.05) is 6.61 Å². The van der Waals surface area contributed by atoms with E-state index in [4.69, 9.17) is 9.73 Å². The van der Waals surface area contributed by atoms with E-state index in [0.29, 0.717) is 18.4 Å². The zero-order valence-electron chi connectivity index (χ0n) is 16.3. The highest BCUT2D eigenvalue weighted by atomic mass is 16.5. The average molecular weight is 338 g/mol. The molecule has 1 aliphatic heterocycles. The first-order valence-electron chi connectivity index (χ1n) is 9.58. The number of rotatable bonds is 6. The van der Waals surface area contributed by atoms with Gasteiger partial charge in [0, 0.05) is 5.56 Å². The van der Waals surface area contributed by atoms with Crippen LogP contribution in [0.1, 0.15) is 53.0 Å². The van der Waals surface area contributed by atoms with Gasteiger partial charge in [0.25, 0.3) is 0 Å². The second-order valence-corrected chi connectivity index (χ2v) is 8.64. The maximum atomic E-state index is 6.12. The summed E-state index contributed by atoms with van der Waals surface area (Å²) in [5.74, 6) is 2.15. The Kier molecular flexibility index (Phi) is 5.17. The molecule has 0 saturated carbocycles. The maximum absolute atomic E-state index is 6.12. The molecular weight excluding hydrogens is 306 g/mol. The van der Waals surface area contributed by atoms with Crippen molar-refractivity contribution in [3.8, 4) is 0 Å². The summed E-state index contributed by atoms with van der Waals surface area (Å²) in [6, 6.07) is 15.1. The van der Waals surface area contributed by atoms with Crippen molar-refractivity contribution in [2.45, 2.75) is 53.5 Å². The molecule has 0 saturated heterocycles. The molecule has 0 amide bonds. The van der Waals surface area contributed by atoms with Crippen molar-refractivity contribution >= 4 is 16.7 Å². The van der Waals surface area contributed by atoms with Crippen LogP contribution in [0.15, 0.2) is 47.5 Å². The number of aliphatic imine (C=N–C) groups is 1. The molecule has 0 radical (unpaired) electrons. The van der Waals surface area contributed by atoms with Crippen LogP contribution in [-0.4, -0.2) is 18.5 Å². The number of hydrogen-bond acceptors (Lipinski definition) is 2. The van der Waals surface area contributed by atoms with E-state index in [0.717, 1.165) is 11.5 Å². The zero-order valence-corrected chi connectivity index (χ0v) is 16.3. The molecule has 0 fully saturated rings. The summed E-state index contributed by atoms with van der Waals surface area (Å²) < 4.78 is 6.12. The van der Waals surface area contributed by atoms with Gasteiger partial charge in [0.15, 0.2) is 0 Å². The summed E-state index contributed by atoms with van der Waals surface area (Å²) in [6.45, 7) is 12.3. The molecule has 25 heavy (non-hydrogen) atoms. The number of hydrogen-bond donors (Lipinski definition) is 0. The Balaban J connectivity index is 1.94. The Hall–Kier alpha value is -1.83. The van der Waals surface area contributed by atoms with Crippen molar-refractivity contribution < 1.29 is 4.74 Å². The van der Waals surface area contributed by atoms with Crippen LogP contribution in [0.2, 0.25) is 0 Å². The van der Waals surface area contributed by atoms with E-state index >= 15 is 0 Å². The summed E-state index contributed by atoms with van der Waals surface area (Å²) >= 11 is 0. The third-order valence-corrected chi connectivity index (χ3v) is 5.22. The Labute approximate surface area is 152 Å². The van der Waals surface area contributed by atoms with Gasteiger partial charge in [-0.1, -0.05) is 71.0 Å². The molecule has 2 aromatic carbocycles. The summed E-state index contributed by atoms with van der Waals surface area (Å²) in [4.78, 5) is 5.08. The second kappa shape index (κ2) is 7.19. The molecule has 3 rings (SSSR count). The monoisotopic (exact) mass is 337 g/mol. The molecule has 1 aliphatic rings. The van der Waals surface area contributed by atoms with E-state index in [1.807, 2.05) is 0 Å². The Morgan fingerprint density at radius 3 is 2.32 bits per heavy atom. The molecule has 0 unspecified atom stereocenters. The molecule has 2 aromatic rings. The minimum absolute atomic E-state index is 0.189. The number of nitrogens with zero attached hydrogens (tertiary/aromatic N) is 1. The van der Waals surface area contributed by atoms with Gasteiger partial charge in [-0.25, -0.2) is 4.99 Å². The molecule has 0 spiro atoms. The summed E-state index contributed by atoms with van der Waals surface area (Å²) in [6.07, 6.45) is 2.37. The Bertz CT molecular complexity index is 744. The molecule has 0 bridgehead atoms. The summed E-state index contributed by atoms with van der Waals surface area (Å²) in [7, 11) is 0. The van der Waals surface area contributed by atoms with Crippen LogP contribution in [0.3, 0.4) is 0 Å². The van der Waals surface area contributed by atoms with Gasteiger partial charge in [-0.05, 0) is 46.9 Å². The molecule has 134 valence electrons. The average Bonchev–Trinajstić information content (AvgIpc) is 3.03. The van der Waals surface area contributed by atoms with Crippen LogP contribution in [-0.2, 0) is 4.74 Å². The first-order chi connectivity index (χ1) is 11.9. The van der Waals surface area contributed by atoms with Crippen LogP contribution < -0.4 is 0 Å². The fraction of sp³-hybridized carbons (Fsp3) is 0.522. The largest absolute Gasteiger partial charge is 0.475 e. The van der Waals surface area contributed by atoms with E-state index in [1.165, 1.54) is 23.6 Å². The molecular formula is C23H31NO. The van der Waals surface area contributed by atoms with Crippen LogP contribution in [0.4, 0.5) is 0 Å². The summed E-state index contributed by atoms with van der Waals surface area (Å²) in [5.41, 5.74) is 1.31. The third kappa shape index (κ3) is 3.89. The Morgan fingerprint density at radius 2 is 1.64 bits per heavy atom. The van der Waals surface area contributed by atoms with Crippen LogP contribution >= 0.6 is 0 Å². The zero-order chi connectivity index (χ0) is 18.0. The van der Waals surface area contributed by atoms with E-state index in [2.05, 4.69) is 77.1 Å². The van der Waals surface area contributed by atoms with Gasteiger partial charge in [0.05, 0.1) is 6.04 Å². The highest BCUT2D eigenvalue weighted by Gasteiger charge is 2.39. The molecule has 0 N–H and O–H groups in total. The predicted octanol–water partition coefficient (Wildman–Crippen LogP) is 6.08. The minimum atomic E-state index is 0.189. The second-order valence-electron chi connectivity index (χ2n) is 8.64. The lowest BCUT2D eigenvalue weighted by atomic mass is 9.71. The lowest BCUT2D eigenvalue weighted by molar-refractivity contribution is 0.138. The van der Waals surface area contributed by atoms with E-state index in [9.17, 15) is 0 Å². The highest BCUT2D eigenvalue weighted by molar-refractivity contribution is 6.07. The summed E-state index contributed by atoms with van der Waals surface area (Å²) in [5, 5.41) is 2.46. The van der Waals surface area contributed by atoms with Gasteiger partial charge < -0.3 is 4.74 Å². The number of benzene rings is 2. The number of ether oxygens (including phenoxy) is 1. The molecule has 0 aromatic heterocycles. The van der Waals surface area contributed by atoms with Crippen molar-refractivity contribution in [3.05, 3.63) is 48.0 Å². The van der Waals surface area contributed by atoms with Gasteiger partial charge >= 0.3 is 0 Å². The van der Waals surface area contributed by atoms with Gasteiger partial charge in [-0.15, -0.1) is 0 Å². The molecule has 0 aliphatic carbocycles. The van der Waals surface area contributed by atoms with Crippen molar-refractivity contribution in [2.24, 2.45) is 22.2 Å². The van der Waals surface area contributed by atoms with Gasteiger partial charge in [-0.3, -0.25) is 0 Å². The Morgan fingerprint density at radius 1 is 1.00 bits per heavy atom. The van der Waals surface area contributed by atoms with Gasteiger partial charge in [-0.2, -0.15) is 0 Å². The van der Waals surface area contributed by atoms with Crippen molar-refractivity contribution in [1.29, 1.82) is 0 Å². The lowest BCUT2D eigenvalue weighted by Crippen LogP contribution is -2.35. The third-order valence-electron chi connectivity index (χ3n) is 5.22. The van der Waals surface area contributed by atoms with E-state index in [-0.39, 0.29) is 11.5 Å². The fourth-order valence-corrected chi connectivity index (χ4v) is 4.51. The smallest absolute Gasteiger partial charge is 0.217 e.